The maximum Gasteiger partial charge on any atom is 0.328 e. The number of azide groups is 1. The fourth-order valence-corrected chi connectivity index (χ4v) is 1.58. The molecular weight excluding hydrogens is 236 g/mol. The summed E-state index contributed by atoms with van der Waals surface area (Å²) in [4.78, 5) is 30.7. The third-order valence-electron chi connectivity index (χ3n) is 2.47. The maximum atomic E-state index is 11.6. The quantitative estimate of drug-likeness (QED) is 0.493. The van der Waals surface area contributed by atoms with Gasteiger partial charge in [-0.2, -0.15) is 0 Å². The van der Waals surface area contributed by atoms with Crippen molar-refractivity contribution < 1.29 is 9.59 Å². The van der Waals surface area contributed by atoms with Gasteiger partial charge >= 0.3 is 6.03 Å². The monoisotopic (exact) mass is 246 g/mol. The molecule has 0 unspecified atom stereocenters. The molecule has 18 heavy (non-hydrogen) atoms. The van der Waals surface area contributed by atoms with Gasteiger partial charge in [0.05, 0.1) is 18.4 Å². The van der Waals surface area contributed by atoms with Gasteiger partial charge in [-0.1, -0.05) is 5.11 Å². The molecule has 0 bridgehead atoms. The first-order chi connectivity index (χ1) is 8.70. The molecule has 0 atom stereocenters. The Labute approximate surface area is 102 Å². The molecule has 0 aliphatic carbocycles. The van der Waals surface area contributed by atoms with Gasteiger partial charge < -0.3 is 0 Å². The average Bonchev–Trinajstić information content (AvgIpc) is 2.37. The number of carbonyl (C=O) groups is 2. The summed E-state index contributed by atoms with van der Waals surface area (Å²) in [5, 5.41) is 5.62. The molecule has 92 valence electrons. The lowest BCUT2D eigenvalue weighted by Crippen LogP contribution is -2.49. The van der Waals surface area contributed by atoms with E-state index in [9.17, 15) is 9.59 Å². The number of imide groups is 1. The second-order valence-electron chi connectivity index (χ2n) is 3.65. The Morgan fingerprint density at radius 1 is 1.50 bits per heavy atom. The van der Waals surface area contributed by atoms with Crippen LogP contribution >= 0.6 is 0 Å². The second kappa shape index (κ2) is 5.15. The fourth-order valence-electron chi connectivity index (χ4n) is 1.58. The van der Waals surface area contributed by atoms with Crippen LogP contribution in [0.15, 0.2) is 23.4 Å². The molecule has 3 amide bonds. The normalized spacial score (nSPS) is 15.0. The number of urea groups is 1. The molecule has 0 spiro atoms. The van der Waals surface area contributed by atoms with Crippen LogP contribution in [0, 0.1) is 0 Å². The van der Waals surface area contributed by atoms with E-state index in [1.165, 1.54) is 11.1 Å². The van der Waals surface area contributed by atoms with Crippen LogP contribution in [-0.2, 0) is 11.3 Å². The zero-order valence-electron chi connectivity index (χ0n) is 9.41. The summed E-state index contributed by atoms with van der Waals surface area (Å²) in [6.07, 6.45) is 1.78. The molecule has 0 aromatic carbocycles. The summed E-state index contributed by atoms with van der Waals surface area (Å²) in [5.41, 5.74) is 9.40. The lowest BCUT2D eigenvalue weighted by molar-refractivity contribution is -0.120. The number of pyridine rings is 1. The Bertz CT molecular complexity index is 520. The Hall–Kier alpha value is -2.60. The number of carbonyl (C=O) groups excluding carboxylic acids is 2. The Morgan fingerprint density at radius 3 is 2.94 bits per heavy atom. The average molecular weight is 246 g/mol. The number of hydrogen-bond donors (Lipinski definition) is 1. The topological polar surface area (TPSA) is 111 Å². The van der Waals surface area contributed by atoms with Crippen molar-refractivity contribution in [2.45, 2.75) is 13.0 Å². The predicted octanol–water partition coefficient (Wildman–Crippen LogP) is 1.34. The summed E-state index contributed by atoms with van der Waals surface area (Å²) in [5.74, 6) is -0.274. The van der Waals surface area contributed by atoms with E-state index in [0.29, 0.717) is 17.9 Å². The second-order valence-corrected chi connectivity index (χ2v) is 3.65. The summed E-state index contributed by atoms with van der Waals surface area (Å²) < 4.78 is 0. The Balaban J connectivity index is 2.11. The predicted molar refractivity (Wildman–Crippen MR) is 62.6 cm³/mol. The van der Waals surface area contributed by atoms with Crippen LogP contribution in [0.3, 0.4) is 0 Å². The fraction of sp³-hybridized carbons (Fsp3) is 0.300. The van der Waals surface area contributed by atoms with Crippen molar-refractivity contribution in [3.8, 4) is 0 Å². The van der Waals surface area contributed by atoms with Crippen molar-refractivity contribution in [1.82, 2.24) is 10.3 Å². The van der Waals surface area contributed by atoms with Crippen molar-refractivity contribution in [3.63, 3.8) is 0 Å². The molecule has 8 nitrogen and oxygen atoms in total. The molecular formula is C10H10N6O2. The minimum atomic E-state index is -0.448. The largest absolute Gasteiger partial charge is 0.328 e. The number of aromatic nitrogens is 1. The molecule has 1 fully saturated rings. The summed E-state index contributed by atoms with van der Waals surface area (Å²) in [6.45, 7) is 0.503. The van der Waals surface area contributed by atoms with E-state index in [2.05, 4.69) is 20.3 Å². The van der Waals surface area contributed by atoms with Crippen LogP contribution < -0.4 is 10.2 Å². The standard InChI is InChI=1S/C10H10N6O2/c11-15-13-5-7-1-2-8(6-12-7)16-4-3-9(17)14-10(16)18/h1-2,6H,3-5H2,(H,14,17,18). The maximum absolute atomic E-state index is 11.6. The van der Waals surface area contributed by atoms with E-state index in [0.717, 1.165) is 0 Å². The van der Waals surface area contributed by atoms with Gasteiger partial charge in [0.25, 0.3) is 0 Å². The Kier molecular flexibility index (Phi) is 3.40. The first kappa shape index (κ1) is 11.9. The molecule has 8 heteroatoms. The Morgan fingerprint density at radius 2 is 2.33 bits per heavy atom. The summed E-state index contributed by atoms with van der Waals surface area (Å²) in [7, 11) is 0. The van der Waals surface area contributed by atoms with Crippen molar-refractivity contribution in [2.75, 3.05) is 11.4 Å². The van der Waals surface area contributed by atoms with Crippen molar-refractivity contribution in [1.29, 1.82) is 0 Å². The zero-order valence-corrected chi connectivity index (χ0v) is 9.41. The van der Waals surface area contributed by atoms with Gasteiger partial charge in [0.15, 0.2) is 0 Å². The molecule has 1 aliphatic heterocycles. The lowest BCUT2D eigenvalue weighted by Gasteiger charge is -2.26. The van der Waals surface area contributed by atoms with E-state index < -0.39 is 6.03 Å². The van der Waals surface area contributed by atoms with Gasteiger partial charge in [-0.05, 0) is 17.7 Å². The van der Waals surface area contributed by atoms with Crippen LogP contribution in [0.2, 0.25) is 0 Å². The highest BCUT2D eigenvalue weighted by Gasteiger charge is 2.24. The number of amides is 3. The van der Waals surface area contributed by atoms with Crippen LogP contribution in [0.1, 0.15) is 12.1 Å². The third-order valence-corrected chi connectivity index (χ3v) is 2.47. The molecule has 0 saturated carbocycles. The highest BCUT2D eigenvalue weighted by atomic mass is 16.2. The molecule has 0 radical (unpaired) electrons. The highest BCUT2D eigenvalue weighted by molar-refractivity contribution is 6.05. The highest BCUT2D eigenvalue weighted by Crippen LogP contribution is 2.16. The van der Waals surface area contributed by atoms with Crippen molar-refractivity contribution in [3.05, 3.63) is 34.5 Å². The number of hydrogen-bond acceptors (Lipinski definition) is 4. The summed E-state index contributed by atoms with van der Waals surface area (Å²) in [6, 6.07) is 2.93. The molecule has 2 rings (SSSR count). The third kappa shape index (κ3) is 2.55. The van der Waals surface area contributed by atoms with Gasteiger partial charge in [-0.3, -0.25) is 20.0 Å². The number of nitrogens with one attached hydrogen (secondary N) is 1. The van der Waals surface area contributed by atoms with Gasteiger partial charge in [-0.15, -0.1) is 0 Å². The van der Waals surface area contributed by atoms with Crippen LogP contribution in [-0.4, -0.2) is 23.5 Å². The molecule has 1 aromatic rings. The van der Waals surface area contributed by atoms with E-state index in [1.54, 1.807) is 12.1 Å². The molecule has 1 aromatic heterocycles. The molecule has 1 N–H and O–H groups in total. The van der Waals surface area contributed by atoms with E-state index >= 15 is 0 Å². The molecule has 1 aliphatic rings. The minimum Gasteiger partial charge on any atom is -0.292 e. The van der Waals surface area contributed by atoms with Crippen molar-refractivity contribution in [2.24, 2.45) is 5.11 Å². The molecule has 1 saturated heterocycles. The van der Waals surface area contributed by atoms with Crippen LogP contribution in [0.4, 0.5) is 10.5 Å². The number of nitrogens with zero attached hydrogens (tertiary/aromatic N) is 5. The van der Waals surface area contributed by atoms with Crippen LogP contribution in [0.25, 0.3) is 10.4 Å². The first-order valence-corrected chi connectivity index (χ1v) is 5.28. The van der Waals surface area contributed by atoms with E-state index in [-0.39, 0.29) is 18.9 Å². The SMILES string of the molecule is [N-]=[N+]=NCc1ccc(N2CCC(=O)NC2=O)cn1. The minimum absolute atomic E-state index is 0.168. The smallest absolute Gasteiger partial charge is 0.292 e. The van der Waals surface area contributed by atoms with Gasteiger partial charge in [0.1, 0.15) is 0 Å². The van der Waals surface area contributed by atoms with Crippen LogP contribution in [0.5, 0.6) is 0 Å². The van der Waals surface area contributed by atoms with E-state index in [4.69, 9.17) is 5.53 Å². The summed E-state index contributed by atoms with van der Waals surface area (Å²) >= 11 is 0. The number of anilines is 1. The lowest BCUT2D eigenvalue weighted by atomic mass is 10.2. The molecule has 2 heterocycles. The first-order valence-electron chi connectivity index (χ1n) is 5.28. The van der Waals surface area contributed by atoms with Gasteiger partial charge in [0.2, 0.25) is 5.91 Å². The zero-order chi connectivity index (χ0) is 13.0. The van der Waals surface area contributed by atoms with E-state index in [1.807, 2.05) is 0 Å². The number of rotatable bonds is 3. The van der Waals surface area contributed by atoms with Gasteiger partial charge in [0, 0.05) is 23.6 Å². The van der Waals surface area contributed by atoms with Crippen molar-refractivity contribution >= 4 is 17.6 Å². The van der Waals surface area contributed by atoms with Gasteiger partial charge in [-0.25, -0.2) is 4.79 Å².